The molecule has 0 radical (unpaired) electrons. The Kier molecular flexibility index (Phi) is 5.50. The zero-order valence-corrected chi connectivity index (χ0v) is 14.7. The molecule has 1 aromatic rings. The smallest absolute Gasteiger partial charge is 0.243 e. The highest BCUT2D eigenvalue weighted by Crippen LogP contribution is 2.18. The molecule has 0 aliphatic carbocycles. The Morgan fingerprint density at radius 1 is 0.958 bits per heavy atom. The minimum Gasteiger partial charge on any atom is -0.379 e. The Bertz CT molecular complexity index is 676. The number of rotatable bonds is 4. The SMILES string of the molecule is C/C(=N\N1CCOCC1)c1ccc(S(=O)(=O)N2CCOCC2)cc1. The van der Waals surface area contributed by atoms with E-state index in [4.69, 9.17) is 9.47 Å². The molecular formula is C16H23N3O4S. The predicted octanol–water partition coefficient (Wildman–Crippen LogP) is 0.764. The summed E-state index contributed by atoms with van der Waals surface area (Å²) in [5.74, 6) is 0. The molecule has 24 heavy (non-hydrogen) atoms. The van der Waals surface area contributed by atoms with Gasteiger partial charge in [0.2, 0.25) is 10.0 Å². The first-order valence-corrected chi connectivity index (χ1v) is 9.57. The van der Waals surface area contributed by atoms with Gasteiger partial charge in [0.1, 0.15) is 0 Å². The number of hydrogen-bond acceptors (Lipinski definition) is 6. The average Bonchev–Trinajstić information content (AvgIpc) is 2.63. The van der Waals surface area contributed by atoms with Gasteiger partial charge in [0, 0.05) is 13.1 Å². The van der Waals surface area contributed by atoms with Crippen LogP contribution in [0.5, 0.6) is 0 Å². The Morgan fingerprint density at radius 3 is 2.08 bits per heavy atom. The number of sulfonamides is 1. The highest BCUT2D eigenvalue weighted by atomic mass is 32.2. The lowest BCUT2D eigenvalue weighted by Crippen LogP contribution is -2.40. The molecule has 2 fully saturated rings. The van der Waals surface area contributed by atoms with Gasteiger partial charge in [-0.2, -0.15) is 9.41 Å². The average molecular weight is 353 g/mol. The van der Waals surface area contributed by atoms with Crippen LogP contribution in [0.15, 0.2) is 34.3 Å². The van der Waals surface area contributed by atoms with E-state index in [0.717, 1.165) is 24.4 Å². The topological polar surface area (TPSA) is 71.4 Å². The van der Waals surface area contributed by atoms with Crippen molar-refractivity contribution in [3.63, 3.8) is 0 Å². The van der Waals surface area contributed by atoms with Crippen LogP contribution >= 0.6 is 0 Å². The minimum atomic E-state index is -3.45. The molecule has 0 bridgehead atoms. The molecular weight excluding hydrogens is 330 g/mol. The molecule has 0 atom stereocenters. The maximum Gasteiger partial charge on any atom is 0.243 e. The van der Waals surface area contributed by atoms with Gasteiger partial charge in [-0.15, -0.1) is 0 Å². The lowest BCUT2D eigenvalue weighted by Gasteiger charge is -2.26. The summed E-state index contributed by atoms with van der Waals surface area (Å²) in [6, 6.07) is 6.93. The van der Waals surface area contributed by atoms with E-state index in [1.165, 1.54) is 4.31 Å². The van der Waals surface area contributed by atoms with E-state index in [1.54, 1.807) is 12.1 Å². The quantitative estimate of drug-likeness (QED) is 0.748. The largest absolute Gasteiger partial charge is 0.379 e. The number of hydrazone groups is 1. The van der Waals surface area contributed by atoms with Crippen molar-refractivity contribution in [3.8, 4) is 0 Å². The summed E-state index contributed by atoms with van der Waals surface area (Å²) < 4.78 is 37.2. The second kappa shape index (κ2) is 7.60. The molecule has 0 unspecified atom stereocenters. The molecule has 0 spiro atoms. The van der Waals surface area contributed by atoms with Crippen molar-refractivity contribution >= 4 is 15.7 Å². The second-order valence-electron chi connectivity index (χ2n) is 5.79. The van der Waals surface area contributed by atoms with Crippen LogP contribution in [0.4, 0.5) is 0 Å². The first-order chi connectivity index (χ1) is 11.6. The third-order valence-electron chi connectivity index (χ3n) is 4.16. The summed E-state index contributed by atoms with van der Waals surface area (Å²) >= 11 is 0. The van der Waals surface area contributed by atoms with E-state index in [1.807, 2.05) is 24.1 Å². The fourth-order valence-electron chi connectivity index (χ4n) is 2.73. The molecule has 3 rings (SSSR count). The summed E-state index contributed by atoms with van der Waals surface area (Å²) in [5.41, 5.74) is 1.79. The summed E-state index contributed by atoms with van der Waals surface area (Å²) in [6.45, 7) is 6.57. The van der Waals surface area contributed by atoms with Crippen LogP contribution in [0.25, 0.3) is 0 Å². The van der Waals surface area contributed by atoms with Gasteiger partial charge < -0.3 is 9.47 Å². The number of nitrogens with zero attached hydrogens (tertiary/aromatic N) is 3. The summed E-state index contributed by atoms with van der Waals surface area (Å²) in [7, 11) is -3.45. The lowest BCUT2D eigenvalue weighted by atomic mass is 10.1. The Balaban J connectivity index is 1.73. The molecule has 1 aromatic carbocycles. The van der Waals surface area contributed by atoms with Crippen LogP contribution in [0.1, 0.15) is 12.5 Å². The fraction of sp³-hybridized carbons (Fsp3) is 0.562. The Hall–Kier alpha value is -1.48. The maximum atomic E-state index is 12.6. The lowest BCUT2D eigenvalue weighted by molar-refractivity contribution is 0.0393. The zero-order chi connectivity index (χ0) is 17.0. The van der Waals surface area contributed by atoms with Crippen LogP contribution in [0.2, 0.25) is 0 Å². The number of ether oxygens (including phenoxy) is 2. The second-order valence-corrected chi connectivity index (χ2v) is 7.73. The standard InChI is InChI=1S/C16H23N3O4S/c1-14(17-18-6-10-22-11-7-18)15-2-4-16(5-3-15)24(20,21)19-8-12-23-13-9-19/h2-5H,6-13H2,1H3/b17-14+. The van der Waals surface area contributed by atoms with Crippen LogP contribution in [0.3, 0.4) is 0 Å². The molecule has 2 saturated heterocycles. The molecule has 132 valence electrons. The van der Waals surface area contributed by atoms with E-state index in [0.29, 0.717) is 44.4 Å². The highest BCUT2D eigenvalue weighted by molar-refractivity contribution is 7.89. The van der Waals surface area contributed by atoms with Gasteiger partial charge in [-0.1, -0.05) is 12.1 Å². The first kappa shape index (κ1) is 17.3. The van der Waals surface area contributed by atoms with Crippen molar-refractivity contribution < 1.29 is 17.9 Å². The number of benzene rings is 1. The van der Waals surface area contributed by atoms with Crippen LogP contribution in [0, 0.1) is 0 Å². The molecule has 8 heteroatoms. The predicted molar refractivity (Wildman–Crippen MR) is 90.6 cm³/mol. The normalized spacial score (nSPS) is 21.0. The van der Waals surface area contributed by atoms with Crippen LogP contribution in [-0.2, 0) is 19.5 Å². The summed E-state index contributed by atoms with van der Waals surface area (Å²) in [6.07, 6.45) is 0. The molecule has 0 aromatic heterocycles. The van der Waals surface area contributed by atoms with Crippen molar-refractivity contribution in [2.45, 2.75) is 11.8 Å². The van der Waals surface area contributed by atoms with Crippen molar-refractivity contribution in [2.75, 3.05) is 52.6 Å². The molecule has 2 aliphatic rings. The Labute approximate surface area is 142 Å². The van der Waals surface area contributed by atoms with E-state index in [-0.39, 0.29) is 0 Å². The van der Waals surface area contributed by atoms with Gasteiger partial charge in [-0.25, -0.2) is 8.42 Å². The zero-order valence-electron chi connectivity index (χ0n) is 13.8. The van der Waals surface area contributed by atoms with Gasteiger partial charge in [0.25, 0.3) is 0 Å². The molecule has 2 aliphatic heterocycles. The number of hydrogen-bond donors (Lipinski definition) is 0. The monoisotopic (exact) mass is 353 g/mol. The third kappa shape index (κ3) is 3.94. The van der Waals surface area contributed by atoms with Crippen molar-refractivity contribution in [3.05, 3.63) is 29.8 Å². The van der Waals surface area contributed by atoms with Gasteiger partial charge >= 0.3 is 0 Å². The highest BCUT2D eigenvalue weighted by Gasteiger charge is 2.26. The van der Waals surface area contributed by atoms with Gasteiger partial charge in [0.15, 0.2) is 0 Å². The van der Waals surface area contributed by atoms with Crippen molar-refractivity contribution in [2.24, 2.45) is 5.10 Å². The summed E-state index contributed by atoms with van der Waals surface area (Å²) in [4.78, 5) is 0.312. The summed E-state index contributed by atoms with van der Waals surface area (Å²) in [5, 5.41) is 6.56. The molecule has 2 heterocycles. The molecule has 0 saturated carbocycles. The Morgan fingerprint density at radius 2 is 1.50 bits per heavy atom. The van der Waals surface area contributed by atoms with Crippen LogP contribution < -0.4 is 0 Å². The van der Waals surface area contributed by atoms with E-state index in [9.17, 15) is 8.42 Å². The molecule has 0 N–H and O–H groups in total. The maximum absolute atomic E-state index is 12.6. The number of morpholine rings is 2. The fourth-order valence-corrected chi connectivity index (χ4v) is 4.14. The van der Waals surface area contributed by atoms with E-state index >= 15 is 0 Å². The van der Waals surface area contributed by atoms with Crippen LogP contribution in [-0.4, -0.2) is 76.1 Å². The van der Waals surface area contributed by atoms with Crippen molar-refractivity contribution in [1.29, 1.82) is 0 Å². The van der Waals surface area contributed by atoms with Gasteiger partial charge in [0.05, 0.1) is 50.1 Å². The molecule has 0 amide bonds. The minimum absolute atomic E-state index is 0.312. The van der Waals surface area contributed by atoms with Gasteiger partial charge in [-0.05, 0) is 24.6 Å². The van der Waals surface area contributed by atoms with Gasteiger partial charge in [-0.3, -0.25) is 5.01 Å². The van der Waals surface area contributed by atoms with E-state index in [2.05, 4.69) is 5.10 Å². The molecule has 7 nitrogen and oxygen atoms in total. The van der Waals surface area contributed by atoms with E-state index < -0.39 is 10.0 Å². The third-order valence-corrected chi connectivity index (χ3v) is 6.07. The van der Waals surface area contributed by atoms with Crippen molar-refractivity contribution in [1.82, 2.24) is 9.31 Å². The first-order valence-electron chi connectivity index (χ1n) is 8.13.